The van der Waals surface area contributed by atoms with Crippen molar-refractivity contribution in [3.8, 4) is 6.26 Å². The molecular formula is C4H9NO2Si. The molecule has 0 amide bonds. The van der Waals surface area contributed by atoms with Crippen LogP contribution in [0.4, 0.5) is 0 Å². The predicted octanol–water partition coefficient (Wildman–Crippen LogP) is 0.832. The fourth-order valence-corrected chi connectivity index (χ4v) is 0.455. The summed E-state index contributed by atoms with van der Waals surface area (Å²) in [5, 5.41) is 8.02. The van der Waals surface area contributed by atoms with Gasteiger partial charge in [-0.15, -0.1) is 0 Å². The lowest BCUT2D eigenvalue weighted by molar-refractivity contribution is 0.295. The lowest BCUT2D eigenvalue weighted by Crippen LogP contribution is -2.30. The van der Waals surface area contributed by atoms with E-state index < -0.39 is 8.56 Å². The zero-order valence-electron chi connectivity index (χ0n) is 5.26. The molecule has 0 spiro atoms. The summed E-state index contributed by atoms with van der Waals surface area (Å²) < 4.78 is 9.47. The summed E-state index contributed by atoms with van der Waals surface area (Å²) in [6.07, 6.45) is 1.60. The SMILES string of the molecule is CO[Si](C)(C)OC#N. The molecule has 0 aliphatic heterocycles. The number of hydrogen-bond donors (Lipinski definition) is 0. The van der Waals surface area contributed by atoms with E-state index in [1.54, 1.807) is 26.5 Å². The third kappa shape index (κ3) is 2.61. The summed E-state index contributed by atoms with van der Waals surface area (Å²) in [5.74, 6) is 0. The van der Waals surface area contributed by atoms with Crippen molar-refractivity contribution in [2.24, 2.45) is 0 Å². The molecule has 3 nitrogen and oxygen atoms in total. The van der Waals surface area contributed by atoms with Crippen LogP contribution in [-0.4, -0.2) is 15.7 Å². The Balaban J connectivity index is 3.58. The highest BCUT2D eigenvalue weighted by molar-refractivity contribution is 6.64. The third-order valence-corrected chi connectivity index (χ3v) is 2.35. The molecular weight excluding hydrogens is 122 g/mol. The van der Waals surface area contributed by atoms with E-state index in [0.717, 1.165) is 0 Å². The highest BCUT2D eigenvalue weighted by atomic mass is 28.4. The van der Waals surface area contributed by atoms with Crippen LogP contribution >= 0.6 is 0 Å². The zero-order chi connectivity index (χ0) is 6.62. The summed E-state index contributed by atoms with van der Waals surface area (Å²) in [7, 11) is -0.493. The van der Waals surface area contributed by atoms with Crippen LogP contribution in [0.1, 0.15) is 0 Å². The third-order valence-electron chi connectivity index (χ3n) is 0.783. The normalized spacial score (nSPS) is 10.2. The van der Waals surface area contributed by atoms with Gasteiger partial charge in [0.05, 0.1) is 0 Å². The molecule has 0 aromatic carbocycles. The van der Waals surface area contributed by atoms with E-state index in [0.29, 0.717) is 0 Å². The quantitative estimate of drug-likeness (QED) is 0.412. The molecule has 0 N–H and O–H groups in total. The Labute approximate surface area is 50.1 Å². The second-order valence-corrected chi connectivity index (χ2v) is 5.21. The first kappa shape index (κ1) is 7.47. The van der Waals surface area contributed by atoms with Crippen LogP contribution in [0.25, 0.3) is 0 Å². The van der Waals surface area contributed by atoms with Gasteiger partial charge in [0.1, 0.15) is 0 Å². The molecule has 0 unspecified atom stereocenters. The van der Waals surface area contributed by atoms with Crippen LogP contribution in [0.5, 0.6) is 0 Å². The lowest BCUT2D eigenvalue weighted by atomic mass is 11.6. The van der Waals surface area contributed by atoms with Crippen molar-refractivity contribution in [3.63, 3.8) is 0 Å². The van der Waals surface area contributed by atoms with Crippen molar-refractivity contribution in [2.75, 3.05) is 7.11 Å². The van der Waals surface area contributed by atoms with E-state index in [1.165, 1.54) is 0 Å². The first-order valence-electron chi connectivity index (χ1n) is 2.24. The van der Waals surface area contributed by atoms with Crippen LogP contribution in [0.3, 0.4) is 0 Å². The molecule has 4 heteroatoms. The van der Waals surface area contributed by atoms with Crippen LogP contribution in [0.2, 0.25) is 13.1 Å². The second kappa shape index (κ2) is 2.70. The van der Waals surface area contributed by atoms with Gasteiger partial charge in [0, 0.05) is 7.11 Å². The van der Waals surface area contributed by atoms with Crippen molar-refractivity contribution >= 4 is 8.56 Å². The molecule has 46 valence electrons. The molecule has 0 bridgehead atoms. The summed E-state index contributed by atoms with van der Waals surface area (Å²) in [4.78, 5) is 0. The van der Waals surface area contributed by atoms with Gasteiger partial charge in [0.25, 0.3) is 6.26 Å². The molecule has 0 heterocycles. The Morgan fingerprint density at radius 3 is 2.12 bits per heavy atom. The molecule has 0 aliphatic carbocycles. The molecule has 0 saturated carbocycles. The lowest BCUT2D eigenvalue weighted by Gasteiger charge is -2.13. The molecule has 0 aromatic rings. The minimum atomic E-state index is -2.04. The van der Waals surface area contributed by atoms with E-state index in [-0.39, 0.29) is 0 Å². The van der Waals surface area contributed by atoms with E-state index in [4.69, 9.17) is 9.69 Å². The molecule has 0 aromatic heterocycles. The minimum Gasteiger partial charge on any atom is -0.455 e. The maximum Gasteiger partial charge on any atom is 0.405 e. The maximum atomic E-state index is 8.02. The fourth-order valence-electron chi connectivity index (χ4n) is 0.152. The van der Waals surface area contributed by atoms with Crippen molar-refractivity contribution < 1.29 is 8.85 Å². The average molecular weight is 131 g/mol. The molecule has 0 fully saturated rings. The molecule has 0 rings (SSSR count). The highest BCUT2D eigenvalue weighted by Gasteiger charge is 2.23. The van der Waals surface area contributed by atoms with E-state index in [9.17, 15) is 0 Å². The van der Waals surface area contributed by atoms with Crippen LogP contribution in [-0.2, 0) is 8.85 Å². The topological polar surface area (TPSA) is 42.2 Å². The van der Waals surface area contributed by atoms with Crippen molar-refractivity contribution in [3.05, 3.63) is 0 Å². The van der Waals surface area contributed by atoms with Crippen LogP contribution in [0.15, 0.2) is 0 Å². The first-order chi connectivity index (χ1) is 3.62. The Bertz CT molecular complexity index is 107. The van der Waals surface area contributed by atoms with Gasteiger partial charge in [-0.05, 0) is 13.1 Å². The van der Waals surface area contributed by atoms with E-state index in [2.05, 4.69) is 4.43 Å². The van der Waals surface area contributed by atoms with Crippen molar-refractivity contribution in [1.29, 1.82) is 5.26 Å². The fraction of sp³-hybridized carbons (Fsp3) is 0.750. The molecule has 0 aliphatic rings. The second-order valence-electron chi connectivity index (χ2n) is 1.80. The number of nitriles is 1. The van der Waals surface area contributed by atoms with Crippen LogP contribution < -0.4 is 0 Å². The average Bonchev–Trinajstić information content (AvgIpc) is 1.67. The zero-order valence-corrected chi connectivity index (χ0v) is 6.26. The van der Waals surface area contributed by atoms with Gasteiger partial charge >= 0.3 is 8.56 Å². The first-order valence-corrected chi connectivity index (χ1v) is 5.06. The molecule has 0 radical (unpaired) electrons. The Morgan fingerprint density at radius 2 is 2.00 bits per heavy atom. The van der Waals surface area contributed by atoms with Gasteiger partial charge in [-0.25, -0.2) is 0 Å². The summed E-state index contributed by atoms with van der Waals surface area (Å²) in [6.45, 7) is 3.60. The van der Waals surface area contributed by atoms with E-state index in [1.807, 2.05) is 0 Å². The Kier molecular flexibility index (Phi) is 2.52. The van der Waals surface area contributed by atoms with Gasteiger partial charge in [-0.1, -0.05) is 0 Å². The highest BCUT2D eigenvalue weighted by Crippen LogP contribution is 2.01. The van der Waals surface area contributed by atoms with Gasteiger partial charge in [-0.2, -0.15) is 5.26 Å². The monoisotopic (exact) mass is 131 g/mol. The number of hydrogen-bond acceptors (Lipinski definition) is 3. The molecule has 8 heavy (non-hydrogen) atoms. The Hall–Kier alpha value is -0.533. The largest absolute Gasteiger partial charge is 0.455 e. The minimum absolute atomic E-state index is 1.55. The number of nitrogens with zero attached hydrogens (tertiary/aromatic N) is 1. The summed E-state index contributed by atoms with van der Waals surface area (Å²) >= 11 is 0. The Morgan fingerprint density at radius 1 is 1.50 bits per heavy atom. The van der Waals surface area contributed by atoms with Crippen LogP contribution in [0, 0.1) is 11.5 Å². The van der Waals surface area contributed by atoms with Crippen molar-refractivity contribution in [1.82, 2.24) is 0 Å². The van der Waals surface area contributed by atoms with Gasteiger partial charge in [0.2, 0.25) is 0 Å². The molecule has 0 atom stereocenters. The van der Waals surface area contributed by atoms with Gasteiger partial charge < -0.3 is 8.85 Å². The van der Waals surface area contributed by atoms with Crippen molar-refractivity contribution in [2.45, 2.75) is 13.1 Å². The maximum absolute atomic E-state index is 8.02. The predicted molar refractivity (Wildman–Crippen MR) is 31.2 cm³/mol. The smallest absolute Gasteiger partial charge is 0.405 e. The molecule has 0 saturated heterocycles. The summed E-state index contributed by atoms with van der Waals surface area (Å²) in [6, 6.07) is 0. The van der Waals surface area contributed by atoms with Gasteiger partial charge in [0.15, 0.2) is 0 Å². The van der Waals surface area contributed by atoms with E-state index >= 15 is 0 Å². The summed E-state index contributed by atoms with van der Waals surface area (Å²) in [5.41, 5.74) is 0. The number of rotatable bonds is 2. The van der Waals surface area contributed by atoms with Gasteiger partial charge in [-0.3, -0.25) is 0 Å². The standard InChI is InChI=1S/C4H9NO2Si/c1-6-8(2,3)7-4-5/h1-3H3.